The first-order chi connectivity index (χ1) is 4.09. The van der Waals surface area contributed by atoms with Gasteiger partial charge in [-0.1, -0.05) is 0 Å². The van der Waals surface area contributed by atoms with Gasteiger partial charge in [-0.25, -0.2) is 4.79 Å². The largest absolute Gasteiger partial charge is 0.477 e. The molecule has 9 heavy (non-hydrogen) atoms. The fraction of sp³-hybridized carbons (Fsp3) is 0. The summed E-state index contributed by atoms with van der Waals surface area (Å²) in [7, 11) is 0. The molecule has 0 heterocycles. The molecule has 5 heteroatoms. The maximum Gasteiger partial charge on any atom is 0.349 e. The zero-order valence-corrected chi connectivity index (χ0v) is 5.22. The third-order valence-corrected chi connectivity index (χ3v) is 0.805. The second kappa shape index (κ2) is 2.99. The third-order valence-electron chi connectivity index (χ3n) is 0.582. The van der Waals surface area contributed by atoms with E-state index >= 15 is 0 Å². The van der Waals surface area contributed by atoms with Crippen LogP contribution in [0.4, 0.5) is 0 Å². The molecule has 0 bridgehead atoms. The van der Waals surface area contributed by atoms with E-state index in [-0.39, 0.29) is 5.03 Å². The quantitative estimate of drug-likeness (QED) is 0.268. The summed E-state index contributed by atoms with van der Waals surface area (Å²) in [4.78, 5) is 9.96. The molecule has 0 atom stereocenters. The van der Waals surface area contributed by atoms with Crippen LogP contribution >= 0.6 is 12.6 Å². The monoisotopic (exact) mass is 144 g/mol. The van der Waals surface area contributed by atoms with E-state index in [4.69, 9.17) is 16.1 Å². The van der Waals surface area contributed by atoms with E-state index in [9.17, 15) is 4.79 Å². The van der Waals surface area contributed by atoms with Gasteiger partial charge in [-0.3, -0.25) is 0 Å². The zero-order valence-electron chi connectivity index (χ0n) is 4.33. The lowest BCUT2D eigenvalue weighted by Gasteiger charge is -1.89. The molecular formula is C4H4N2O2S. The normalized spacial score (nSPS) is 11.6. The van der Waals surface area contributed by atoms with Gasteiger partial charge in [0.05, 0.1) is 5.03 Å². The van der Waals surface area contributed by atoms with Gasteiger partial charge in [-0.15, -0.1) is 12.6 Å². The highest BCUT2D eigenvalue weighted by molar-refractivity contribution is 7.84. The summed E-state index contributed by atoms with van der Waals surface area (Å²) in [5, 5.41) is 15.9. The highest BCUT2D eigenvalue weighted by Crippen LogP contribution is 1.99. The second-order valence-electron chi connectivity index (χ2n) is 1.18. The smallest absolute Gasteiger partial charge is 0.349 e. The minimum Gasteiger partial charge on any atom is -0.477 e. The first-order valence-corrected chi connectivity index (χ1v) is 2.36. The van der Waals surface area contributed by atoms with Crippen molar-refractivity contribution in [1.29, 1.82) is 5.26 Å². The molecule has 0 saturated carbocycles. The number of hydrogen-bond acceptors (Lipinski definition) is 4. The van der Waals surface area contributed by atoms with Crippen LogP contribution in [0.5, 0.6) is 0 Å². The lowest BCUT2D eigenvalue weighted by molar-refractivity contribution is -0.132. The number of carboxylic acid groups (broad SMARTS) is 1. The summed E-state index contributed by atoms with van der Waals surface area (Å²) >= 11 is 3.47. The van der Waals surface area contributed by atoms with Crippen LogP contribution in [0.2, 0.25) is 0 Å². The van der Waals surface area contributed by atoms with Crippen molar-refractivity contribution in [3.05, 3.63) is 10.6 Å². The fourth-order valence-electron chi connectivity index (χ4n) is 0.215. The number of aliphatic carboxylic acids is 1. The molecule has 0 saturated heterocycles. The molecule has 0 spiro atoms. The van der Waals surface area contributed by atoms with Crippen LogP contribution in [0.15, 0.2) is 10.6 Å². The van der Waals surface area contributed by atoms with Crippen molar-refractivity contribution in [2.24, 2.45) is 5.73 Å². The van der Waals surface area contributed by atoms with Crippen LogP contribution < -0.4 is 5.73 Å². The molecule has 0 radical (unpaired) electrons. The van der Waals surface area contributed by atoms with Gasteiger partial charge in [0.15, 0.2) is 5.57 Å². The molecule has 48 valence electrons. The minimum absolute atomic E-state index is 0.273. The van der Waals surface area contributed by atoms with Crippen molar-refractivity contribution in [1.82, 2.24) is 0 Å². The Hall–Kier alpha value is -1.15. The van der Waals surface area contributed by atoms with Crippen LogP contribution in [0, 0.1) is 11.3 Å². The molecule has 0 rings (SSSR count). The van der Waals surface area contributed by atoms with Gasteiger partial charge in [0.25, 0.3) is 0 Å². The lowest BCUT2D eigenvalue weighted by atomic mass is 10.3. The summed E-state index contributed by atoms with van der Waals surface area (Å²) in [5.74, 6) is -1.36. The van der Waals surface area contributed by atoms with Crippen molar-refractivity contribution >= 4 is 18.6 Å². The van der Waals surface area contributed by atoms with E-state index in [1.165, 1.54) is 6.07 Å². The molecule has 0 aliphatic carbocycles. The fourth-order valence-corrected chi connectivity index (χ4v) is 0.360. The van der Waals surface area contributed by atoms with E-state index in [0.717, 1.165) is 0 Å². The maximum absolute atomic E-state index is 9.96. The maximum atomic E-state index is 9.96. The zero-order chi connectivity index (χ0) is 7.44. The Balaban J connectivity index is 4.62. The van der Waals surface area contributed by atoms with Gasteiger partial charge >= 0.3 is 5.97 Å². The highest BCUT2D eigenvalue weighted by atomic mass is 32.1. The molecule has 0 unspecified atom stereocenters. The van der Waals surface area contributed by atoms with Crippen LogP contribution in [-0.4, -0.2) is 11.1 Å². The van der Waals surface area contributed by atoms with Crippen LogP contribution in [0.3, 0.4) is 0 Å². The van der Waals surface area contributed by atoms with E-state index in [1.807, 2.05) is 0 Å². The van der Waals surface area contributed by atoms with Crippen molar-refractivity contribution in [3.8, 4) is 6.07 Å². The topological polar surface area (TPSA) is 87.1 Å². The van der Waals surface area contributed by atoms with Gasteiger partial charge < -0.3 is 10.8 Å². The Morgan fingerprint density at radius 2 is 2.22 bits per heavy atom. The van der Waals surface area contributed by atoms with E-state index in [0.29, 0.717) is 0 Å². The van der Waals surface area contributed by atoms with Crippen molar-refractivity contribution in [2.45, 2.75) is 0 Å². The average Bonchev–Trinajstić information content (AvgIpc) is 1.64. The average molecular weight is 144 g/mol. The number of hydrogen-bond donors (Lipinski definition) is 3. The standard InChI is InChI=1S/C4H4N2O2S/c5-1-2(3(6)9)4(7)8/h9H,6H2,(H,7,8). The number of thiol groups is 1. The van der Waals surface area contributed by atoms with Crippen molar-refractivity contribution < 1.29 is 9.90 Å². The molecular weight excluding hydrogens is 140 g/mol. The molecule has 0 aliphatic rings. The van der Waals surface area contributed by atoms with Crippen molar-refractivity contribution in [3.63, 3.8) is 0 Å². The minimum atomic E-state index is -1.36. The van der Waals surface area contributed by atoms with Crippen LogP contribution in [0.1, 0.15) is 0 Å². The van der Waals surface area contributed by atoms with Crippen LogP contribution in [0.25, 0.3) is 0 Å². The van der Waals surface area contributed by atoms with Gasteiger partial charge in [0.1, 0.15) is 6.07 Å². The van der Waals surface area contributed by atoms with E-state index in [2.05, 4.69) is 12.6 Å². The van der Waals surface area contributed by atoms with E-state index in [1.54, 1.807) is 0 Å². The Morgan fingerprint density at radius 1 is 1.78 bits per heavy atom. The van der Waals surface area contributed by atoms with Gasteiger partial charge in [-0.2, -0.15) is 5.26 Å². The number of carboxylic acids is 1. The van der Waals surface area contributed by atoms with Gasteiger partial charge in [-0.05, 0) is 0 Å². The summed E-state index contributed by atoms with van der Waals surface area (Å²) in [6.07, 6.45) is 0. The first-order valence-electron chi connectivity index (χ1n) is 1.91. The number of nitrogens with two attached hydrogens (primary N) is 1. The summed E-state index contributed by atoms with van der Waals surface area (Å²) in [5.41, 5.74) is 4.36. The Labute approximate surface area is 57.0 Å². The third kappa shape index (κ3) is 2.06. The molecule has 4 nitrogen and oxygen atoms in total. The summed E-state index contributed by atoms with van der Waals surface area (Å²) < 4.78 is 0. The van der Waals surface area contributed by atoms with E-state index < -0.39 is 11.5 Å². The first kappa shape index (κ1) is 7.85. The SMILES string of the molecule is N#CC(C(=O)O)=C(N)S. The molecule has 0 amide bonds. The summed E-state index contributed by atoms with van der Waals surface area (Å²) in [6, 6.07) is 1.38. The van der Waals surface area contributed by atoms with Crippen molar-refractivity contribution in [2.75, 3.05) is 0 Å². The number of carbonyl (C=O) groups is 1. The molecule has 0 fully saturated rings. The highest BCUT2D eigenvalue weighted by Gasteiger charge is 2.07. The van der Waals surface area contributed by atoms with Gasteiger partial charge in [0, 0.05) is 0 Å². The number of rotatable bonds is 1. The molecule has 0 aliphatic heterocycles. The number of nitrogens with zero attached hydrogens (tertiary/aromatic N) is 1. The Kier molecular flexibility index (Phi) is 2.61. The Morgan fingerprint density at radius 3 is 2.22 bits per heavy atom. The van der Waals surface area contributed by atoms with Crippen LogP contribution in [-0.2, 0) is 4.79 Å². The molecule has 3 N–H and O–H groups in total. The molecule has 0 aromatic heterocycles. The predicted octanol–water partition coefficient (Wildman–Crippen LogP) is -0.305. The molecule has 0 aromatic rings. The second-order valence-corrected chi connectivity index (χ2v) is 1.66. The number of nitriles is 1. The lowest BCUT2D eigenvalue weighted by Crippen LogP contribution is -2.04. The summed E-state index contributed by atoms with van der Waals surface area (Å²) in [6.45, 7) is 0. The predicted molar refractivity (Wildman–Crippen MR) is 33.4 cm³/mol. The Bertz CT molecular complexity index is 199. The van der Waals surface area contributed by atoms with Gasteiger partial charge in [0.2, 0.25) is 0 Å². The molecule has 0 aromatic carbocycles.